The first kappa shape index (κ1) is 9.75. The Kier molecular flexibility index (Phi) is 2.87. The highest BCUT2D eigenvalue weighted by Gasteiger charge is 2.40. The van der Waals surface area contributed by atoms with Crippen LogP contribution in [-0.2, 0) is 4.79 Å². The van der Waals surface area contributed by atoms with Crippen LogP contribution in [0.1, 0.15) is 0 Å². The first-order valence-electron chi connectivity index (χ1n) is 2.59. The van der Waals surface area contributed by atoms with E-state index in [1.165, 1.54) is 6.07 Å². The summed E-state index contributed by atoms with van der Waals surface area (Å²) in [7, 11) is 0.916. The van der Waals surface area contributed by atoms with E-state index in [1.54, 1.807) is 0 Å². The zero-order valence-corrected chi connectivity index (χ0v) is 5.64. The van der Waals surface area contributed by atoms with E-state index in [-0.39, 0.29) is 0 Å². The third kappa shape index (κ3) is 2.89. The van der Waals surface area contributed by atoms with Gasteiger partial charge in [0.05, 0.1) is 6.07 Å². The molecule has 0 aliphatic rings. The summed E-state index contributed by atoms with van der Waals surface area (Å²) in [6.45, 7) is -0.557. The fraction of sp³-hybridized carbons (Fsp3) is 0.600. The zero-order valence-electron chi connectivity index (χ0n) is 5.64. The lowest BCUT2D eigenvalue weighted by molar-refractivity contribution is -0.183. The molecule has 6 heteroatoms. The molecule has 0 saturated carbocycles. The Hall–Kier alpha value is -1.25. The molecule has 0 atom stereocenters. The largest absolute Gasteiger partial charge is 0.471 e. The summed E-state index contributed by atoms with van der Waals surface area (Å²) in [5, 5.41) is 7.94. The molecule has 0 rings (SSSR count). The van der Waals surface area contributed by atoms with Crippen molar-refractivity contribution in [3.05, 3.63) is 0 Å². The Labute approximate surface area is 61.0 Å². The predicted octanol–water partition coefficient (Wildman–Crippen LogP) is 0.531. The number of carbonyl (C=O) groups is 1. The summed E-state index contributed by atoms with van der Waals surface area (Å²) >= 11 is 0. The summed E-state index contributed by atoms with van der Waals surface area (Å²) in [4.78, 5) is 10.5. The van der Waals surface area contributed by atoms with E-state index in [1.807, 2.05) is 0 Å². The summed E-state index contributed by atoms with van der Waals surface area (Å²) in [6.07, 6.45) is -4.88. The van der Waals surface area contributed by atoms with Crippen molar-refractivity contribution in [2.45, 2.75) is 6.18 Å². The molecule has 0 N–H and O–H groups in total. The number of alkyl halides is 3. The second-order valence-electron chi connectivity index (χ2n) is 1.82. The van der Waals surface area contributed by atoms with Gasteiger partial charge in [0.15, 0.2) is 0 Å². The minimum atomic E-state index is -4.88. The molecule has 62 valence electrons. The Morgan fingerprint density at radius 2 is 2.09 bits per heavy atom. The molecule has 1 amide bonds. The number of nitrogens with zero attached hydrogens (tertiary/aromatic N) is 2. The maximum absolute atomic E-state index is 11.5. The molecule has 0 aromatic heterocycles. The lowest BCUT2D eigenvalue weighted by Crippen LogP contribution is -2.38. The van der Waals surface area contributed by atoms with Crippen molar-refractivity contribution in [3.63, 3.8) is 0 Å². The summed E-state index contributed by atoms with van der Waals surface area (Å²) in [6, 6.07) is 1.43. The zero-order chi connectivity index (χ0) is 9.07. The minimum absolute atomic E-state index is 0.306. The van der Waals surface area contributed by atoms with E-state index in [4.69, 9.17) is 5.26 Å². The van der Waals surface area contributed by atoms with Crippen molar-refractivity contribution in [3.8, 4) is 6.07 Å². The van der Waals surface area contributed by atoms with Crippen LogP contribution in [0.4, 0.5) is 13.2 Å². The number of hydrogen-bond donors (Lipinski definition) is 0. The SMILES string of the molecule is CN(CC#N)C(=O)C(F)(F)F. The van der Waals surface area contributed by atoms with E-state index < -0.39 is 18.6 Å². The molecule has 0 radical (unpaired) electrons. The lowest BCUT2D eigenvalue weighted by atomic mass is 10.5. The molecule has 0 spiro atoms. The number of rotatable bonds is 1. The average Bonchev–Trinajstić information content (AvgIpc) is 1.85. The van der Waals surface area contributed by atoms with Crippen LogP contribution < -0.4 is 0 Å². The van der Waals surface area contributed by atoms with Crippen molar-refractivity contribution < 1.29 is 18.0 Å². The Balaban J connectivity index is 4.17. The first-order valence-corrected chi connectivity index (χ1v) is 2.59. The van der Waals surface area contributed by atoms with Crippen LogP contribution in [0.15, 0.2) is 0 Å². The molecule has 0 aliphatic heterocycles. The van der Waals surface area contributed by atoms with Crippen LogP contribution in [0, 0.1) is 11.3 Å². The van der Waals surface area contributed by atoms with Crippen LogP contribution >= 0.6 is 0 Å². The normalized spacial score (nSPS) is 10.5. The smallest absolute Gasteiger partial charge is 0.325 e. The Morgan fingerprint density at radius 3 is 2.36 bits per heavy atom. The quantitative estimate of drug-likeness (QED) is 0.533. The maximum Gasteiger partial charge on any atom is 0.471 e. The van der Waals surface area contributed by atoms with Gasteiger partial charge in [-0.2, -0.15) is 18.4 Å². The van der Waals surface area contributed by atoms with Gasteiger partial charge in [-0.25, -0.2) is 0 Å². The van der Waals surface area contributed by atoms with E-state index >= 15 is 0 Å². The minimum Gasteiger partial charge on any atom is -0.325 e. The van der Waals surface area contributed by atoms with Crippen LogP contribution in [0.5, 0.6) is 0 Å². The molecule has 0 bridgehead atoms. The molecule has 0 saturated heterocycles. The highest BCUT2D eigenvalue weighted by Crippen LogP contribution is 2.16. The van der Waals surface area contributed by atoms with Crippen molar-refractivity contribution >= 4 is 5.91 Å². The van der Waals surface area contributed by atoms with Crippen LogP contribution in [-0.4, -0.2) is 30.6 Å². The molecule has 0 fully saturated rings. The standard InChI is InChI=1S/C5H5F3N2O/c1-10(3-2-9)4(11)5(6,7)8/h3H2,1H3. The fourth-order valence-corrected chi connectivity index (χ4v) is 0.394. The highest BCUT2D eigenvalue weighted by molar-refractivity contribution is 5.81. The number of amides is 1. The van der Waals surface area contributed by atoms with Gasteiger partial charge in [-0.15, -0.1) is 0 Å². The van der Waals surface area contributed by atoms with Gasteiger partial charge in [-0.1, -0.05) is 0 Å². The van der Waals surface area contributed by atoms with Crippen molar-refractivity contribution in [1.29, 1.82) is 5.26 Å². The number of nitriles is 1. The van der Waals surface area contributed by atoms with Gasteiger partial charge in [-0.3, -0.25) is 4.79 Å². The molecular formula is C5H5F3N2O. The van der Waals surface area contributed by atoms with Crippen molar-refractivity contribution in [2.75, 3.05) is 13.6 Å². The number of halogens is 3. The topological polar surface area (TPSA) is 44.1 Å². The highest BCUT2D eigenvalue weighted by atomic mass is 19.4. The molecule has 0 aromatic carbocycles. The average molecular weight is 166 g/mol. The van der Waals surface area contributed by atoms with Crippen LogP contribution in [0.25, 0.3) is 0 Å². The van der Waals surface area contributed by atoms with E-state index in [9.17, 15) is 18.0 Å². The van der Waals surface area contributed by atoms with E-state index in [0.717, 1.165) is 7.05 Å². The van der Waals surface area contributed by atoms with Crippen LogP contribution in [0.3, 0.4) is 0 Å². The molecular weight excluding hydrogens is 161 g/mol. The Bertz CT molecular complexity index is 193. The van der Waals surface area contributed by atoms with Gasteiger partial charge in [0, 0.05) is 7.05 Å². The van der Waals surface area contributed by atoms with Gasteiger partial charge in [-0.05, 0) is 0 Å². The summed E-state index contributed by atoms with van der Waals surface area (Å²) < 4.78 is 34.6. The third-order valence-electron chi connectivity index (χ3n) is 0.897. The number of carbonyl (C=O) groups excluding carboxylic acids is 1. The molecule has 0 aliphatic carbocycles. The molecule has 0 unspecified atom stereocenters. The first-order chi connectivity index (χ1) is 4.89. The third-order valence-corrected chi connectivity index (χ3v) is 0.897. The molecule has 11 heavy (non-hydrogen) atoms. The van der Waals surface area contributed by atoms with Gasteiger partial charge in [0.1, 0.15) is 6.54 Å². The summed E-state index contributed by atoms with van der Waals surface area (Å²) in [5.41, 5.74) is 0. The molecule has 3 nitrogen and oxygen atoms in total. The van der Waals surface area contributed by atoms with Crippen LogP contribution in [0.2, 0.25) is 0 Å². The van der Waals surface area contributed by atoms with E-state index in [2.05, 4.69) is 0 Å². The monoisotopic (exact) mass is 166 g/mol. The lowest BCUT2D eigenvalue weighted by Gasteiger charge is -2.14. The number of hydrogen-bond acceptors (Lipinski definition) is 2. The van der Waals surface area contributed by atoms with Gasteiger partial charge in [0.25, 0.3) is 0 Å². The molecule has 0 aromatic rings. The van der Waals surface area contributed by atoms with E-state index in [0.29, 0.717) is 4.90 Å². The summed E-state index contributed by atoms with van der Waals surface area (Å²) in [5.74, 6) is -2.00. The Morgan fingerprint density at radius 1 is 1.64 bits per heavy atom. The maximum atomic E-state index is 11.5. The second-order valence-corrected chi connectivity index (χ2v) is 1.82. The predicted molar refractivity (Wildman–Crippen MR) is 29.3 cm³/mol. The second kappa shape index (κ2) is 3.23. The van der Waals surface area contributed by atoms with Crippen molar-refractivity contribution in [2.24, 2.45) is 0 Å². The molecule has 0 heterocycles. The van der Waals surface area contributed by atoms with Crippen molar-refractivity contribution in [1.82, 2.24) is 4.90 Å². The van der Waals surface area contributed by atoms with Gasteiger partial charge < -0.3 is 4.90 Å². The fourth-order valence-electron chi connectivity index (χ4n) is 0.394. The van der Waals surface area contributed by atoms with Gasteiger partial charge >= 0.3 is 12.1 Å². The van der Waals surface area contributed by atoms with Gasteiger partial charge in [0.2, 0.25) is 0 Å².